The first kappa shape index (κ1) is 25.1. The zero-order chi connectivity index (χ0) is 10.2. The van der Waals surface area contributed by atoms with Crippen LogP contribution < -0.4 is 113 Å². The fraction of sp³-hybridized carbons (Fsp3) is 0. The molecule has 0 spiro atoms. The van der Waals surface area contributed by atoms with Crippen LogP contribution in [0.15, 0.2) is 12.7 Å². The molecule has 0 saturated carbocycles. The molecule has 68 valence electrons. The number of esters is 1. The minimum Gasteiger partial charge on any atom is -0.790 e. The minimum absolute atomic E-state index is 0. The minimum atomic E-state index is -5.14. The quantitative estimate of drug-likeness (QED) is 0.164. The average molecular weight is 271 g/mol. The Hall–Kier alpha value is 2.08. The summed E-state index contributed by atoms with van der Waals surface area (Å²) in [7, 11) is -5.14. The molecular weight excluding hydrogens is 267 g/mol. The average Bonchev–Trinajstić information content (AvgIpc) is 1.85. The molecule has 0 heterocycles. The topological polar surface area (TPSA) is 134 Å². The molecular formula is C4H4K2NO6P. The Morgan fingerprint density at radius 3 is 1.93 bits per heavy atom. The van der Waals surface area contributed by atoms with Gasteiger partial charge in [-0.15, -0.1) is 5.26 Å². The number of ether oxygens (including phenoxy) is 1. The Morgan fingerprint density at radius 1 is 1.57 bits per heavy atom. The molecule has 0 aromatic heterocycles. The second-order valence-electron chi connectivity index (χ2n) is 1.19. The number of nitriles is 1. The fourth-order valence-electron chi connectivity index (χ4n) is 0.0867. The summed E-state index contributed by atoms with van der Waals surface area (Å²) in [4.78, 5) is 34.1. The molecule has 0 aromatic rings. The van der Waals surface area contributed by atoms with E-state index in [0.717, 1.165) is 6.08 Å². The van der Waals surface area contributed by atoms with Gasteiger partial charge in [-0.2, -0.15) is 0 Å². The van der Waals surface area contributed by atoms with E-state index in [1.54, 1.807) is 0 Å². The maximum atomic E-state index is 9.85. The standard InChI is InChI=1S/C4H3NO2.2K.H3O4P/c1-2-4(6)7-3-5;;;1-5(2,3)4/h2H,1H2;;;(H3,1,2,3,4)/q;2*+1;/p-2. The molecule has 0 aliphatic carbocycles. The van der Waals surface area contributed by atoms with Gasteiger partial charge in [0.15, 0.2) is 0 Å². The molecule has 0 bridgehead atoms. The van der Waals surface area contributed by atoms with Crippen LogP contribution in [0.4, 0.5) is 0 Å². The first-order valence-electron chi connectivity index (χ1n) is 2.28. The summed E-state index contributed by atoms with van der Waals surface area (Å²) in [6.07, 6.45) is 2.12. The van der Waals surface area contributed by atoms with Crippen molar-refractivity contribution >= 4 is 13.8 Å². The van der Waals surface area contributed by atoms with Crippen LogP contribution >= 0.6 is 7.82 Å². The first-order chi connectivity index (χ1) is 5.31. The predicted molar refractivity (Wildman–Crippen MR) is 31.7 cm³/mol. The molecule has 0 aliphatic rings. The van der Waals surface area contributed by atoms with E-state index in [0.29, 0.717) is 0 Å². The third kappa shape index (κ3) is 48.0. The van der Waals surface area contributed by atoms with Crippen molar-refractivity contribution in [1.82, 2.24) is 0 Å². The van der Waals surface area contributed by atoms with Crippen molar-refractivity contribution in [3.05, 3.63) is 12.7 Å². The zero-order valence-electron chi connectivity index (χ0n) is 7.67. The third-order valence-electron chi connectivity index (χ3n) is 0.313. The summed E-state index contributed by atoms with van der Waals surface area (Å²) in [6.45, 7) is 3.05. The molecule has 0 fully saturated rings. The largest absolute Gasteiger partial charge is 1.00 e. The molecule has 0 aliphatic heterocycles. The van der Waals surface area contributed by atoms with Gasteiger partial charge >= 0.3 is 109 Å². The Balaban J connectivity index is -0.0000000651. The molecule has 0 unspecified atom stereocenters. The van der Waals surface area contributed by atoms with E-state index in [1.165, 1.54) is 6.26 Å². The van der Waals surface area contributed by atoms with Crippen LogP contribution in [0.1, 0.15) is 0 Å². The monoisotopic (exact) mass is 271 g/mol. The molecule has 7 nitrogen and oxygen atoms in total. The van der Waals surface area contributed by atoms with Crippen LogP contribution in [-0.2, 0) is 14.1 Å². The number of carbonyl (C=O) groups is 1. The van der Waals surface area contributed by atoms with Crippen LogP contribution in [0.25, 0.3) is 0 Å². The van der Waals surface area contributed by atoms with Gasteiger partial charge in [0.25, 0.3) is 6.26 Å². The summed E-state index contributed by atoms with van der Waals surface area (Å²) < 4.78 is 12.4. The molecule has 0 radical (unpaired) electrons. The summed E-state index contributed by atoms with van der Waals surface area (Å²) in [5, 5.41) is 7.63. The number of hydrogen-bond donors (Lipinski definition) is 1. The molecule has 0 amide bonds. The second-order valence-corrected chi connectivity index (χ2v) is 2.12. The van der Waals surface area contributed by atoms with E-state index >= 15 is 0 Å². The smallest absolute Gasteiger partial charge is 0.790 e. The normalized spacial score (nSPS) is 7.29. The summed E-state index contributed by atoms with van der Waals surface area (Å²) in [5.74, 6) is -0.720. The molecule has 0 saturated heterocycles. The van der Waals surface area contributed by atoms with E-state index in [1.807, 2.05) is 0 Å². The SMILES string of the molecule is C=CC(=O)OC#N.O=P([O-])([O-])O.[K+].[K+]. The van der Waals surface area contributed by atoms with Crippen LogP contribution in [-0.4, -0.2) is 10.9 Å². The molecule has 14 heavy (non-hydrogen) atoms. The number of carbonyl (C=O) groups excluding carboxylic acids is 1. The number of phosphoric acid groups is 1. The Morgan fingerprint density at radius 2 is 1.86 bits per heavy atom. The number of nitrogens with zero attached hydrogens (tertiary/aromatic N) is 1. The fourth-order valence-corrected chi connectivity index (χ4v) is 0.0867. The van der Waals surface area contributed by atoms with E-state index < -0.39 is 13.8 Å². The van der Waals surface area contributed by atoms with Crippen LogP contribution in [0.3, 0.4) is 0 Å². The van der Waals surface area contributed by atoms with Gasteiger partial charge in [-0.1, -0.05) is 6.58 Å². The molecule has 0 aromatic carbocycles. The number of hydrogen-bond acceptors (Lipinski definition) is 6. The molecule has 0 atom stereocenters. The van der Waals surface area contributed by atoms with E-state index in [2.05, 4.69) is 11.3 Å². The van der Waals surface area contributed by atoms with Gasteiger partial charge in [-0.3, -0.25) is 0 Å². The van der Waals surface area contributed by atoms with Crippen molar-refractivity contribution in [3.63, 3.8) is 0 Å². The summed E-state index contributed by atoms with van der Waals surface area (Å²) in [6, 6.07) is 0. The van der Waals surface area contributed by atoms with Gasteiger partial charge in [-0.25, -0.2) is 4.79 Å². The van der Waals surface area contributed by atoms with Gasteiger partial charge in [0, 0.05) is 6.08 Å². The Labute approximate surface area is 166 Å². The van der Waals surface area contributed by atoms with E-state index in [-0.39, 0.29) is 103 Å². The third-order valence-corrected chi connectivity index (χ3v) is 0.313. The van der Waals surface area contributed by atoms with Gasteiger partial charge in [0.05, 0.1) is 7.82 Å². The van der Waals surface area contributed by atoms with Crippen molar-refractivity contribution in [2.45, 2.75) is 0 Å². The van der Waals surface area contributed by atoms with Crippen LogP contribution in [0, 0.1) is 11.5 Å². The van der Waals surface area contributed by atoms with Crippen molar-refractivity contribution in [3.8, 4) is 6.26 Å². The maximum Gasteiger partial charge on any atom is 1.00 e. The summed E-state index contributed by atoms with van der Waals surface area (Å²) >= 11 is 0. The van der Waals surface area contributed by atoms with E-state index in [9.17, 15) is 4.79 Å². The first-order valence-corrected chi connectivity index (χ1v) is 3.78. The van der Waals surface area contributed by atoms with Crippen LogP contribution in [0.5, 0.6) is 0 Å². The molecule has 10 heteroatoms. The Kier molecular flexibility index (Phi) is 27.0. The van der Waals surface area contributed by atoms with Gasteiger partial charge in [0.2, 0.25) is 0 Å². The van der Waals surface area contributed by atoms with E-state index in [4.69, 9.17) is 24.5 Å². The van der Waals surface area contributed by atoms with Crippen molar-refractivity contribution in [2.75, 3.05) is 0 Å². The Bertz CT molecular complexity index is 236. The number of rotatable bonds is 1. The second kappa shape index (κ2) is 15.1. The van der Waals surface area contributed by atoms with Gasteiger partial charge in [0.1, 0.15) is 0 Å². The van der Waals surface area contributed by atoms with Gasteiger partial charge in [-0.05, 0) is 0 Å². The van der Waals surface area contributed by atoms with Crippen molar-refractivity contribution in [2.24, 2.45) is 0 Å². The zero-order valence-corrected chi connectivity index (χ0v) is 14.8. The predicted octanol–water partition coefficient (Wildman–Crippen LogP) is -7.99. The molecule has 1 N–H and O–H groups in total. The van der Waals surface area contributed by atoms with Crippen molar-refractivity contribution < 1.29 is 132 Å². The van der Waals surface area contributed by atoms with Gasteiger partial charge < -0.3 is 24.0 Å². The van der Waals surface area contributed by atoms with Crippen molar-refractivity contribution in [1.29, 1.82) is 5.26 Å². The van der Waals surface area contributed by atoms with Crippen LogP contribution in [0.2, 0.25) is 0 Å². The maximum absolute atomic E-state index is 9.85. The summed E-state index contributed by atoms with van der Waals surface area (Å²) in [5.41, 5.74) is 0. The molecule has 0 rings (SSSR count).